The summed E-state index contributed by atoms with van der Waals surface area (Å²) >= 11 is 0. The third-order valence-electron chi connectivity index (χ3n) is 0.354. The quantitative estimate of drug-likeness (QED) is 0.519. The summed E-state index contributed by atoms with van der Waals surface area (Å²) in [5.41, 5.74) is 0. The average Bonchev–Trinajstić information content (AvgIpc) is 2.11. The highest BCUT2D eigenvalue weighted by Gasteiger charge is 1.95. The largest absolute Gasteiger partial charge is 0.344 e. The van der Waals surface area contributed by atoms with Gasteiger partial charge in [-0.25, -0.2) is 0 Å². The van der Waals surface area contributed by atoms with Gasteiger partial charge in [0.1, 0.15) is 6.29 Å². The highest BCUT2D eigenvalue weighted by atomic mass is 16.1. The molecule has 1 rings (SSSR count). The Kier molecular flexibility index (Phi) is 66.3. The van der Waals surface area contributed by atoms with Crippen molar-refractivity contribution in [1.82, 2.24) is 6.15 Å². The summed E-state index contributed by atoms with van der Waals surface area (Å²) in [5, 5.41) is 0. The number of hydrogen-bond acceptors (Lipinski definition) is 2. The van der Waals surface area contributed by atoms with E-state index in [1.807, 2.05) is 0 Å². The second-order valence-electron chi connectivity index (χ2n) is 1.30. The van der Waals surface area contributed by atoms with E-state index in [1.54, 1.807) is 0 Å². The van der Waals surface area contributed by atoms with Gasteiger partial charge in [0.05, 0.1) is 0 Å². The van der Waals surface area contributed by atoms with Crippen LogP contribution in [-0.2, 0) is 4.79 Å². The van der Waals surface area contributed by atoms with Crippen LogP contribution in [0.1, 0.15) is 41.0 Å². The summed E-state index contributed by atoms with van der Waals surface area (Å²) in [4.78, 5) is 8.81. The Labute approximate surface area is 59.2 Å². The molecule has 0 radical (unpaired) electrons. The topological polar surface area (TPSA) is 52.1 Å². The van der Waals surface area contributed by atoms with Crippen molar-refractivity contribution < 1.29 is 4.79 Å². The summed E-state index contributed by atoms with van der Waals surface area (Å²) in [6.07, 6.45) is 5.25. The maximum absolute atomic E-state index is 8.81. The van der Waals surface area contributed by atoms with Crippen molar-refractivity contribution in [3.63, 3.8) is 0 Å². The first-order chi connectivity index (χ1) is 2.91. The lowest BCUT2D eigenvalue weighted by molar-refractivity contribution is -0.106. The molecule has 0 bridgehead atoms. The Balaban J connectivity index is -0.0000000208. The molecule has 0 amide bonds. The predicted molar refractivity (Wildman–Crippen MR) is 44.1 cm³/mol. The Morgan fingerprint density at radius 2 is 1.22 bits per heavy atom. The number of carbonyl (C=O) groups is 1. The summed E-state index contributed by atoms with van der Waals surface area (Å²) in [6, 6.07) is 0. The molecule has 3 N–H and O–H groups in total. The molecule has 0 spiro atoms. The molecule has 1 fully saturated rings. The van der Waals surface area contributed by atoms with Crippen LogP contribution in [-0.4, -0.2) is 6.29 Å². The van der Waals surface area contributed by atoms with Crippen molar-refractivity contribution in [2.45, 2.75) is 41.0 Å². The molecule has 0 unspecified atom stereocenters. The highest BCUT2D eigenvalue weighted by molar-refractivity contribution is 5.44. The molecule has 60 valence electrons. The smallest absolute Gasteiger partial charge is 0.116 e. The van der Waals surface area contributed by atoms with Crippen molar-refractivity contribution in [3.8, 4) is 0 Å². The van der Waals surface area contributed by atoms with Gasteiger partial charge in [-0.1, -0.05) is 34.1 Å². The minimum absolute atomic E-state index is 0. The van der Waals surface area contributed by atoms with Crippen LogP contribution >= 0.6 is 0 Å². The average molecular weight is 135 g/mol. The molecule has 9 heavy (non-hydrogen) atoms. The second kappa shape index (κ2) is 25.5. The first-order valence-corrected chi connectivity index (χ1v) is 2.31. The minimum Gasteiger partial charge on any atom is -0.344 e. The van der Waals surface area contributed by atoms with Gasteiger partial charge in [0.2, 0.25) is 0 Å². The van der Waals surface area contributed by atoms with Crippen LogP contribution in [0.3, 0.4) is 0 Å². The van der Waals surface area contributed by atoms with E-state index >= 15 is 0 Å². The van der Waals surface area contributed by atoms with Gasteiger partial charge >= 0.3 is 0 Å². The van der Waals surface area contributed by atoms with E-state index in [4.69, 9.17) is 4.79 Å². The molecule has 1 aliphatic carbocycles. The van der Waals surface area contributed by atoms with E-state index in [1.165, 1.54) is 26.2 Å². The van der Waals surface area contributed by atoms with Crippen LogP contribution in [0.2, 0.25) is 0 Å². The summed E-state index contributed by atoms with van der Waals surface area (Å²) in [7, 11) is 0. The van der Waals surface area contributed by atoms with Gasteiger partial charge < -0.3 is 10.9 Å². The molecule has 0 aromatic heterocycles. The fraction of sp³-hybridized carbons (Fsp3) is 0.857. The van der Waals surface area contributed by atoms with E-state index in [9.17, 15) is 0 Å². The molecular weight excluding hydrogens is 114 g/mol. The van der Waals surface area contributed by atoms with Crippen molar-refractivity contribution >= 4 is 6.29 Å². The van der Waals surface area contributed by atoms with Crippen molar-refractivity contribution in [1.29, 1.82) is 0 Å². The molecule has 0 atom stereocenters. The van der Waals surface area contributed by atoms with E-state index in [-0.39, 0.29) is 21.0 Å². The second-order valence-corrected chi connectivity index (χ2v) is 1.30. The first-order valence-electron chi connectivity index (χ1n) is 2.31. The van der Waals surface area contributed by atoms with Gasteiger partial charge in [0, 0.05) is 0 Å². The highest BCUT2D eigenvalue weighted by Crippen LogP contribution is 2.14. The SMILES string of the molecule is C.C.C1CC1.CC=O.N. The van der Waals surface area contributed by atoms with E-state index in [0.717, 1.165) is 6.29 Å². The molecular formula is C7H21NO. The Bertz CT molecular complexity index is 33.1. The fourth-order valence-corrected chi connectivity index (χ4v) is 0. The zero-order chi connectivity index (χ0) is 4.83. The van der Waals surface area contributed by atoms with Gasteiger partial charge in [0.25, 0.3) is 0 Å². The van der Waals surface area contributed by atoms with Crippen molar-refractivity contribution in [3.05, 3.63) is 0 Å². The fourth-order valence-electron chi connectivity index (χ4n) is 0. The van der Waals surface area contributed by atoms with Crippen molar-refractivity contribution in [2.75, 3.05) is 0 Å². The summed E-state index contributed by atoms with van der Waals surface area (Å²) in [6.45, 7) is 1.44. The van der Waals surface area contributed by atoms with E-state index < -0.39 is 0 Å². The van der Waals surface area contributed by atoms with Crippen LogP contribution in [0.5, 0.6) is 0 Å². The third-order valence-corrected chi connectivity index (χ3v) is 0.354. The Morgan fingerprint density at radius 1 is 1.11 bits per heavy atom. The molecule has 1 aliphatic rings. The number of hydrogen-bond donors (Lipinski definition) is 1. The third kappa shape index (κ3) is 609. The molecule has 2 heteroatoms. The van der Waals surface area contributed by atoms with Crippen LogP contribution in [0.15, 0.2) is 0 Å². The zero-order valence-corrected chi connectivity index (χ0v) is 4.81. The van der Waals surface area contributed by atoms with Gasteiger partial charge in [-0.2, -0.15) is 0 Å². The van der Waals surface area contributed by atoms with Gasteiger partial charge in [0.15, 0.2) is 0 Å². The maximum Gasteiger partial charge on any atom is 0.116 e. The monoisotopic (exact) mass is 135 g/mol. The molecule has 0 heterocycles. The summed E-state index contributed by atoms with van der Waals surface area (Å²) < 4.78 is 0. The normalized spacial score (nSPS) is 9.44. The van der Waals surface area contributed by atoms with E-state index in [2.05, 4.69) is 0 Å². The Morgan fingerprint density at radius 3 is 1.22 bits per heavy atom. The number of aldehydes is 1. The Hall–Kier alpha value is -0.370. The minimum atomic E-state index is 0. The van der Waals surface area contributed by atoms with E-state index in [0.29, 0.717) is 0 Å². The first kappa shape index (κ1) is 23.4. The molecule has 0 aromatic carbocycles. The van der Waals surface area contributed by atoms with Gasteiger partial charge in [-0.05, 0) is 6.92 Å². The van der Waals surface area contributed by atoms with Crippen molar-refractivity contribution in [2.24, 2.45) is 0 Å². The lowest BCUT2D eigenvalue weighted by Crippen LogP contribution is -1.36. The molecule has 2 nitrogen and oxygen atoms in total. The lowest BCUT2D eigenvalue weighted by Gasteiger charge is -1.23. The van der Waals surface area contributed by atoms with Crippen LogP contribution in [0.25, 0.3) is 0 Å². The number of rotatable bonds is 0. The molecule has 0 aromatic rings. The van der Waals surface area contributed by atoms with Crippen LogP contribution in [0.4, 0.5) is 0 Å². The number of carbonyl (C=O) groups excluding carboxylic acids is 1. The van der Waals surface area contributed by atoms with Crippen LogP contribution in [0, 0.1) is 0 Å². The van der Waals surface area contributed by atoms with Gasteiger partial charge in [-0.15, -0.1) is 0 Å². The van der Waals surface area contributed by atoms with Gasteiger partial charge in [-0.3, -0.25) is 0 Å². The standard InChI is InChI=1S/C3H6.C2H4O.2CH4.H3N/c1-2-3-1;1-2-3;;;/h1-3H2;2H,1H3;2*1H4;1H3. The predicted octanol–water partition coefficient (Wildman–Crippen LogP) is 2.81. The van der Waals surface area contributed by atoms with Crippen LogP contribution < -0.4 is 6.15 Å². The zero-order valence-electron chi connectivity index (χ0n) is 4.81. The lowest BCUT2D eigenvalue weighted by atomic mass is 11.0. The molecule has 1 saturated carbocycles. The summed E-state index contributed by atoms with van der Waals surface area (Å²) in [5.74, 6) is 0. The molecule has 0 saturated heterocycles. The molecule has 0 aliphatic heterocycles. The maximum atomic E-state index is 8.81.